The van der Waals surface area contributed by atoms with Crippen molar-refractivity contribution in [3.8, 4) is 0 Å². The topological polar surface area (TPSA) is 52.0 Å². The summed E-state index contributed by atoms with van der Waals surface area (Å²) in [6, 6.07) is 1.75. The molecule has 0 aliphatic carbocycles. The molecule has 0 fully saturated rings. The largest absolute Gasteiger partial charge is 0.397 e. The highest BCUT2D eigenvalue weighted by Gasteiger charge is 2.08. The second kappa shape index (κ2) is 3.33. The smallest absolute Gasteiger partial charge is 0.0704 e. The van der Waals surface area contributed by atoms with E-state index in [0.29, 0.717) is 11.4 Å². The highest BCUT2D eigenvalue weighted by Crippen LogP contribution is 2.38. The highest BCUT2D eigenvalue weighted by atomic mass is 79.9. The Morgan fingerprint density at radius 3 is 2.09 bits per heavy atom. The third kappa shape index (κ3) is 1.71. The Balaban J connectivity index is 3.46. The Bertz CT molecular complexity index is 272. The van der Waals surface area contributed by atoms with E-state index in [9.17, 15) is 0 Å². The van der Waals surface area contributed by atoms with E-state index in [4.69, 9.17) is 11.5 Å². The summed E-state index contributed by atoms with van der Waals surface area (Å²) in [5.41, 5.74) is 12.3. The van der Waals surface area contributed by atoms with Crippen molar-refractivity contribution in [2.45, 2.75) is 0 Å². The normalized spacial score (nSPS) is 10.1. The first-order chi connectivity index (χ1) is 5.04. The standard InChI is InChI=1S/C6H5Br3N2/c7-2-1-3(10)6(11)5(9)4(2)8/h1H,10-11H2. The van der Waals surface area contributed by atoms with E-state index in [-0.39, 0.29) is 0 Å². The monoisotopic (exact) mass is 342 g/mol. The minimum atomic E-state index is 0.556. The summed E-state index contributed by atoms with van der Waals surface area (Å²) in [6.45, 7) is 0. The summed E-state index contributed by atoms with van der Waals surface area (Å²) in [4.78, 5) is 0. The van der Waals surface area contributed by atoms with Gasteiger partial charge in [0.1, 0.15) is 0 Å². The minimum absolute atomic E-state index is 0.556. The van der Waals surface area contributed by atoms with Gasteiger partial charge in [-0.05, 0) is 53.9 Å². The van der Waals surface area contributed by atoms with Gasteiger partial charge in [0.05, 0.1) is 15.8 Å². The first-order valence-corrected chi connectivity index (χ1v) is 5.10. The van der Waals surface area contributed by atoms with E-state index >= 15 is 0 Å². The van der Waals surface area contributed by atoms with E-state index < -0.39 is 0 Å². The van der Waals surface area contributed by atoms with Crippen molar-refractivity contribution in [2.24, 2.45) is 0 Å². The van der Waals surface area contributed by atoms with Crippen molar-refractivity contribution >= 4 is 59.2 Å². The van der Waals surface area contributed by atoms with Gasteiger partial charge in [-0.3, -0.25) is 0 Å². The lowest BCUT2D eigenvalue weighted by Crippen LogP contribution is -1.96. The molecule has 0 heterocycles. The maximum atomic E-state index is 5.63. The molecule has 1 aromatic carbocycles. The summed E-state index contributed by atoms with van der Waals surface area (Å²) in [7, 11) is 0. The van der Waals surface area contributed by atoms with Crippen LogP contribution in [0.4, 0.5) is 11.4 Å². The molecule has 0 bridgehead atoms. The Hall–Kier alpha value is 0.260. The number of benzene rings is 1. The van der Waals surface area contributed by atoms with E-state index in [2.05, 4.69) is 47.8 Å². The molecule has 0 amide bonds. The molecule has 0 saturated carbocycles. The quantitative estimate of drug-likeness (QED) is 0.561. The molecule has 0 saturated heterocycles. The van der Waals surface area contributed by atoms with Crippen LogP contribution in [0.5, 0.6) is 0 Å². The summed E-state index contributed by atoms with van der Waals surface area (Å²) in [6.07, 6.45) is 0. The summed E-state index contributed by atoms with van der Waals surface area (Å²) >= 11 is 9.95. The fourth-order valence-electron chi connectivity index (χ4n) is 0.627. The van der Waals surface area contributed by atoms with Crippen LogP contribution in [-0.2, 0) is 0 Å². The van der Waals surface area contributed by atoms with Crippen LogP contribution in [-0.4, -0.2) is 0 Å². The van der Waals surface area contributed by atoms with Crippen molar-refractivity contribution in [2.75, 3.05) is 11.5 Å². The molecule has 0 unspecified atom stereocenters. The van der Waals surface area contributed by atoms with E-state index in [1.807, 2.05) is 0 Å². The van der Waals surface area contributed by atoms with E-state index in [1.165, 1.54) is 0 Å². The molecule has 0 aliphatic rings. The SMILES string of the molecule is Nc1cc(Br)c(Br)c(Br)c1N. The predicted molar refractivity (Wildman–Crippen MR) is 58.4 cm³/mol. The van der Waals surface area contributed by atoms with Crippen LogP contribution in [0.3, 0.4) is 0 Å². The number of rotatable bonds is 0. The number of hydrogen-bond acceptors (Lipinski definition) is 2. The fourth-order valence-corrected chi connectivity index (χ4v) is 2.11. The molecule has 0 spiro atoms. The zero-order chi connectivity index (χ0) is 8.59. The first kappa shape index (κ1) is 9.35. The van der Waals surface area contributed by atoms with Crippen molar-refractivity contribution < 1.29 is 0 Å². The van der Waals surface area contributed by atoms with Crippen LogP contribution in [0.1, 0.15) is 0 Å². The lowest BCUT2D eigenvalue weighted by Gasteiger charge is -2.06. The zero-order valence-corrected chi connectivity index (χ0v) is 10.1. The van der Waals surface area contributed by atoms with Crippen LogP contribution in [0.2, 0.25) is 0 Å². The van der Waals surface area contributed by atoms with Gasteiger partial charge in [0.2, 0.25) is 0 Å². The average Bonchev–Trinajstić information content (AvgIpc) is 1.97. The molecule has 0 aliphatic heterocycles. The van der Waals surface area contributed by atoms with E-state index in [1.54, 1.807) is 6.07 Å². The maximum Gasteiger partial charge on any atom is 0.0704 e. The summed E-state index contributed by atoms with van der Waals surface area (Å²) in [5.74, 6) is 0. The molecule has 11 heavy (non-hydrogen) atoms. The molecule has 0 aromatic heterocycles. The maximum absolute atomic E-state index is 5.63. The van der Waals surface area contributed by atoms with Crippen LogP contribution in [0.25, 0.3) is 0 Å². The molecule has 1 rings (SSSR count). The molecular weight excluding hydrogens is 340 g/mol. The van der Waals surface area contributed by atoms with Crippen molar-refractivity contribution in [1.82, 2.24) is 0 Å². The average molecular weight is 345 g/mol. The van der Waals surface area contributed by atoms with Crippen LogP contribution < -0.4 is 11.5 Å². The molecule has 5 heteroatoms. The van der Waals surface area contributed by atoms with Gasteiger partial charge in [0.15, 0.2) is 0 Å². The third-order valence-corrected chi connectivity index (χ3v) is 4.57. The van der Waals surface area contributed by atoms with Crippen molar-refractivity contribution in [3.05, 3.63) is 19.5 Å². The molecular formula is C6H5Br3N2. The van der Waals surface area contributed by atoms with Gasteiger partial charge in [0, 0.05) is 8.95 Å². The number of nitrogen functional groups attached to an aromatic ring is 2. The molecule has 2 nitrogen and oxygen atoms in total. The summed E-state index contributed by atoms with van der Waals surface area (Å²) in [5, 5.41) is 0. The van der Waals surface area contributed by atoms with Gasteiger partial charge < -0.3 is 11.5 Å². The van der Waals surface area contributed by atoms with Crippen molar-refractivity contribution in [3.63, 3.8) is 0 Å². The molecule has 0 radical (unpaired) electrons. The highest BCUT2D eigenvalue weighted by molar-refractivity contribution is 9.14. The first-order valence-electron chi connectivity index (χ1n) is 2.72. The Kier molecular flexibility index (Phi) is 2.83. The Morgan fingerprint density at radius 2 is 1.55 bits per heavy atom. The molecule has 4 N–H and O–H groups in total. The zero-order valence-electron chi connectivity index (χ0n) is 5.37. The van der Waals surface area contributed by atoms with Gasteiger partial charge in [-0.1, -0.05) is 0 Å². The minimum Gasteiger partial charge on any atom is -0.397 e. The second-order valence-electron chi connectivity index (χ2n) is 1.99. The number of halogens is 3. The molecule has 1 aromatic rings. The van der Waals surface area contributed by atoms with E-state index in [0.717, 1.165) is 13.4 Å². The van der Waals surface area contributed by atoms with Gasteiger partial charge in [-0.2, -0.15) is 0 Å². The van der Waals surface area contributed by atoms with Gasteiger partial charge in [-0.25, -0.2) is 0 Å². The third-order valence-electron chi connectivity index (χ3n) is 1.23. The Labute approximate surface area is 89.7 Å². The van der Waals surface area contributed by atoms with Gasteiger partial charge in [0.25, 0.3) is 0 Å². The molecule has 60 valence electrons. The lowest BCUT2D eigenvalue weighted by molar-refractivity contribution is 1.53. The van der Waals surface area contributed by atoms with Gasteiger partial charge >= 0.3 is 0 Å². The van der Waals surface area contributed by atoms with Crippen LogP contribution in [0, 0.1) is 0 Å². The summed E-state index contributed by atoms with van der Waals surface area (Å²) < 4.78 is 2.55. The predicted octanol–water partition coefficient (Wildman–Crippen LogP) is 3.14. The number of nitrogens with two attached hydrogens (primary N) is 2. The van der Waals surface area contributed by atoms with Crippen LogP contribution in [0.15, 0.2) is 19.5 Å². The van der Waals surface area contributed by atoms with Crippen LogP contribution >= 0.6 is 47.8 Å². The number of hydrogen-bond donors (Lipinski definition) is 2. The van der Waals surface area contributed by atoms with Gasteiger partial charge in [-0.15, -0.1) is 0 Å². The molecule has 0 atom stereocenters. The lowest BCUT2D eigenvalue weighted by atomic mass is 10.3. The van der Waals surface area contributed by atoms with Crippen molar-refractivity contribution in [1.29, 1.82) is 0 Å². The second-order valence-corrected chi connectivity index (χ2v) is 4.43. The Morgan fingerprint density at radius 1 is 1.00 bits per heavy atom. The number of anilines is 2. The fraction of sp³-hybridized carbons (Fsp3) is 0.